The van der Waals surface area contributed by atoms with Gasteiger partial charge in [-0.05, 0) is 37.5 Å². The van der Waals surface area contributed by atoms with Crippen molar-refractivity contribution in [1.29, 1.82) is 0 Å². The van der Waals surface area contributed by atoms with Crippen LogP contribution < -0.4 is 4.72 Å². The molecule has 0 spiro atoms. The molecule has 6 heteroatoms. The molecule has 0 radical (unpaired) electrons. The van der Waals surface area contributed by atoms with Crippen LogP contribution in [0.4, 0.5) is 5.69 Å². The highest BCUT2D eigenvalue weighted by Crippen LogP contribution is 2.25. The molecule has 0 bridgehead atoms. The highest BCUT2D eigenvalue weighted by Gasteiger charge is 2.22. The summed E-state index contributed by atoms with van der Waals surface area (Å²) in [5.41, 5.74) is 1.36. The number of hydrogen-bond acceptors (Lipinski definition) is 2. The minimum Gasteiger partial charge on any atom is -0.282 e. The van der Waals surface area contributed by atoms with Crippen LogP contribution in [0.2, 0.25) is 5.02 Å². The van der Waals surface area contributed by atoms with E-state index in [9.17, 15) is 8.42 Å². The molecule has 0 aliphatic heterocycles. The number of sulfonamides is 1. The minimum absolute atomic E-state index is 0.386. The van der Waals surface area contributed by atoms with Crippen LogP contribution in [-0.2, 0) is 10.0 Å². The molecule has 0 aliphatic rings. The lowest BCUT2D eigenvalue weighted by Gasteiger charge is -2.16. The van der Waals surface area contributed by atoms with Gasteiger partial charge in [0.15, 0.2) is 0 Å². The maximum atomic E-state index is 12.3. The lowest BCUT2D eigenvalue weighted by molar-refractivity contribution is 0.585. The molecule has 1 rings (SSSR count). The zero-order chi connectivity index (χ0) is 15.2. The molecule has 20 heavy (non-hydrogen) atoms. The van der Waals surface area contributed by atoms with E-state index in [2.05, 4.69) is 11.3 Å². The first-order chi connectivity index (χ1) is 9.40. The molecule has 0 saturated heterocycles. The lowest BCUT2D eigenvalue weighted by Crippen LogP contribution is -2.26. The number of alkyl halides is 1. The fourth-order valence-corrected chi connectivity index (χ4v) is 3.67. The SMILES string of the molecule is C=CC(CCCCCl)S(=O)(=O)Nc1ccc(C)cc1Cl. The van der Waals surface area contributed by atoms with Crippen LogP contribution in [-0.4, -0.2) is 19.5 Å². The Morgan fingerprint density at radius 2 is 2.10 bits per heavy atom. The van der Waals surface area contributed by atoms with Crippen molar-refractivity contribution in [2.75, 3.05) is 10.6 Å². The van der Waals surface area contributed by atoms with Crippen LogP contribution in [0.3, 0.4) is 0 Å². The summed E-state index contributed by atoms with van der Waals surface area (Å²) < 4.78 is 27.1. The summed E-state index contributed by atoms with van der Waals surface area (Å²) in [5, 5.41) is -0.264. The van der Waals surface area contributed by atoms with E-state index in [1.807, 2.05) is 6.92 Å². The van der Waals surface area contributed by atoms with Gasteiger partial charge in [-0.1, -0.05) is 30.2 Å². The fourth-order valence-electron chi connectivity index (χ4n) is 1.77. The predicted octanol–water partition coefficient (Wildman–Crippen LogP) is 4.35. The molecule has 1 atom stereocenters. The number of nitrogens with one attached hydrogen (secondary N) is 1. The van der Waals surface area contributed by atoms with Crippen LogP contribution >= 0.6 is 23.2 Å². The molecule has 0 saturated carbocycles. The second-order valence-electron chi connectivity index (χ2n) is 4.59. The average molecular weight is 336 g/mol. The number of unbranched alkanes of at least 4 members (excludes halogenated alkanes) is 1. The quantitative estimate of drug-likeness (QED) is 0.436. The van der Waals surface area contributed by atoms with Crippen molar-refractivity contribution in [2.24, 2.45) is 0 Å². The van der Waals surface area contributed by atoms with Crippen molar-refractivity contribution in [3.05, 3.63) is 41.4 Å². The van der Waals surface area contributed by atoms with Crippen LogP contribution in [0, 0.1) is 6.92 Å². The van der Waals surface area contributed by atoms with E-state index in [0.717, 1.165) is 18.4 Å². The molecule has 1 N–H and O–H groups in total. The standard InChI is InChI=1S/C14H19Cl2NO2S/c1-3-12(6-4-5-9-15)20(18,19)17-14-8-7-11(2)10-13(14)16/h3,7-8,10,12,17H,1,4-6,9H2,2H3. The summed E-state index contributed by atoms with van der Waals surface area (Å²) in [6.07, 6.45) is 3.46. The highest BCUT2D eigenvalue weighted by molar-refractivity contribution is 7.93. The van der Waals surface area contributed by atoms with E-state index in [1.54, 1.807) is 18.2 Å². The average Bonchev–Trinajstić information content (AvgIpc) is 2.38. The van der Waals surface area contributed by atoms with Gasteiger partial charge in [0.25, 0.3) is 0 Å². The lowest BCUT2D eigenvalue weighted by atomic mass is 10.2. The van der Waals surface area contributed by atoms with E-state index in [4.69, 9.17) is 23.2 Å². The third kappa shape index (κ3) is 5.00. The van der Waals surface area contributed by atoms with Crippen molar-refractivity contribution in [2.45, 2.75) is 31.4 Å². The first-order valence-corrected chi connectivity index (χ1v) is 8.83. The highest BCUT2D eigenvalue weighted by atomic mass is 35.5. The van der Waals surface area contributed by atoms with Crippen molar-refractivity contribution in [3.63, 3.8) is 0 Å². The topological polar surface area (TPSA) is 46.2 Å². The van der Waals surface area contributed by atoms with Crippen molar-refractivity contribution in [1.82, 2.24) is 0 Å². The summed E-state index contributed by atoms with van der Waals surface area (Å²) in [6.45, 7) is 5.49. The first kappa shape index (κ1) is 17.3. The van der Waals surface area contributed by atoms with Gasteiger partial charge in [0.2, 0.25) is 10.0 Å². The normalized spacial score (nSPS) is 12.9. The van der Waals surface area contributed by atoms with E-state index in [1.165, 1.54) is 6.08 Å². The number of halogens is 2. The second kappa shape index (κ2) is 7.91. The number of rotatable bonds is 8. The number of anilines is 1. The Bertz CT molecular complexity index is 558. The van der Waals surface area contributed by atoms with Crippen LogP contribution in [0.25, 0.3) is 0 Å². The maximum absolute atomic E-state index is 12.3. The molecule has 1 unspecified atom stereocenters. The van der Waals surface area contributed by atoms with Gasteiger partial charge in [-0.15, -0.1) is 18.2 Å². The Kier molecular flexibility index (Phi) is 6.86. The van der Waals surface area contributed by atoms with E-state index >= 15 is 0 Å². The van der Waals surface area contributed by atoms with E-state index in [-0.39, 0.29) is 0 Å². The second-order valence-corrected chi connectivity index (χ2v) is 7.27. The Labute approximate surface area is 131 Å². The summed E-state index contributed by atoms with van der Waals surface area (Å²) in [4.78, 5) is 0. The van der Waals surface area contributed by atoms with E-state index < -0.39 is 15.3 Å². The van der Waals surface area contributed by atoms with Gasteiger partial charge in [0.05, 0.1) is 16.0 Å². The summed E-state index contributed by atoms with van der Waals surface area (Å²) >= 11 is 11.6. The molecule has 3 nitrogen and oxygen atoms in total. The molecule has 0 aromatic heterocycles. The van der Waals surface area contributed by atoms with E-state index in [0.29, 0.717) is 23.0 Å². The molecule has 0 aliphatic carbocycles. The minimum atomic E-state index is -3.54. The molecule has 0 fully saturated rings. The zero-order valence-corrected chi connectivity index (χ0v) is 13.7. The molecule has 112 valence electrons. The van der Waals surface area contributed by atoms with Gasteiger partial charge in [0, 0.05) is 5.88 Å². The monoisotopic (exact) mass is 335 g/mol. The van der Waals surface area contributed by atoms with Gasteiger partial charge in [-0.25, -0.2) is 8.42 Å². The molecular weight excluding hydrogens is 317 g/mol. The van der Waals surface area contributed by atoms with Crippen molar-refractivity contribution < 1.29 is 8.42 Å². The largest absolute Gasteiger partial charge is 0.282 e. The maximum Gasteiger partial charge on any atom is 0.239 e. The van der Waals surface area contributed by atoms with Gasteiger partial charge in [-0.3, -0.25) is 4.72 Å². The van der Waals surface area contributed by atoms with Gasteiger partial charge >= 0.3 is 0 Å². The molecule has 1 aromatic carbocycles. The van der Waals surface area contributed by atoms with Crippen LogP contribution in [0.1, 0.15) is 24.8 Å². The van der Waals surface area contributed by atoms with Crippen molar-refractivity contribution in [3.8, 4) is 0 Å². The third-order valence-electron chi connectivity index (χ3n) is 2.91. The summed E-state index contributed by atoms with van der Waals surface area (Å²) in [5.74, 6) is 0.529. The number of benzene rings is 1. The molecule has 0 heterocycles. The predicted molar refractivity (Wildman–Crippen MR) is 87.3 cm³/mol. The Hall–Kier alpha value is -0.710. The first-order valence-electron chi connectivity index (χ1n) is 6.37. The Morgan fingerprint density at radius 3 is 2.65 bits per heavy atom. The fraction of sp³-hybridized carbons (Fsp3) is 0.429. The molecule has 1 aromatic rings. The zero-order valence-electron chi connectivity index (χ0n) is 11.4. The van der Waals surface area contributed by atoms with Gasteiger partial charge in [0.1, 0.15) is 0 Å². The summed E-state index contributed by atoms with van der Waals surface area (Å²) in [6, 6.07) is 5.18. The van der Waals surface area contributed by atoms with Gasteiger partial charge in [-0.2, -0.15) is 0 Å². The van der Waals surface area contributed by atoms with Crippen molar-refractivity contribution >= 4 is 38.9 Å². The molecular formula is C14H19Cl2NO2S. The van der Waals surface area contributed by atoms with Crippen LogP contribution in [0.15, 0.2) is 30.9 Å². The Morgan fingerprint density at radius 1 is 1.40 bits per heavy atom. The van der Waals surface area contributed by atoms with Crippen LogP contribution in [0.5, 0.6) is 0 Å². The van der Waals surface area contributed by atoms with Gasteiger partial charge < -0.3 is 0 Å². The number of hydrogen-bond donors (Lipinski definition) is 1. The molecule has 0 amide bonds. The summed E-state index contributed by atoms with van der Waals surface area (Å²) in [7, 11) is -3.54. The third-order valence-corrected chi connectivity index (χ3v) is 5.22. The Balaban J connectivity index is 2.83. The smallest absolute Gasteiger partial charge is 0.239 e. The number of aryl methyl sites for hydroxylation is 1.